The van der Waals surface area contributed by atoms with Crippen LogP contribution in [0.5, 0.6) is 11.5 Å². The van der Waals surface area contributed by atoms with Gasteiger partial charge in [-0.25, -0.2) is 0 Å². The molecule has 0 aliphatic heterocycles. The van der Waals surface area contributed by atoms with Crippen molar-refractivity contribution in [3.05, 3.63) is 75.5 Å². The third-order valence-corrected chi connectivity index (χ3v) is 5.65. The average Bonchev–Trinajstić information content (AvgIpc) is 2.82. The molecule has 160 valence electrons. The molecule has 3 aromatic rings. The molecule has 0 bridgehead atoms. The molecule has 0 radical (unpaired) electrons. The molecular weight excluding hydrogens is 394 g/mol. The maximum Gasteiger partial charge on any atom is 0.253 e. The number of carbonyl (C=O) groups is 1. The van der Waals surface area contributed by atoms with Gasteiger partial charge in [0, 0.05) is 47.4 Å². The van der Waals surface area contributed by atoms with Crippen molar-refractivity contribution in [1.82, 2.24) is 15.3 Å². The second-order valence-corrected chi connectivity index (χ2v) is 7.49. The van der Waals surface area contributed by atoms with Gasteiger partial charge in [-0.2, -0.15) is 0 Å². The van der Waals surface area contributed by atoms with Crippen LogP contribution in [0.25, 0.3) is 11.1 Å². The van der Waals surface area contributed by atoms with Gasteiger partial charge < -0.3 is 19.8 Å². The van der Waals surface area contributed by atoms with E-state index in [1.807, 2.05) is 24.3 Å². The normalized spacial score (nSPS) is 12.7. The summed E-state index contributed by atoms with van der Waals surface area (Å²) in [5.74, 6) is 0.968. The maximum absolute atomic E-state index is 12.8. The molecule has 1 amide bonds. The molecule has 7 heteroatoms. The van der Waals surface area contributed by atoms with E-state index in [4.69, 9.17) is 9.47 Å². The Hall–Kier alpha value is -3.61. The molecule has 0 atom stereocenters. The molecule has 31 heavy (non-hydrogen) atoms. The Labute approximate surface area is 180 Å². The van der Waals surface area contributed by atoms with E-state index >= 15 is 0 Å². The zero-order valence-corrected chi connectivity index (χ0v) is 17.7. The first-order valence-electron chi connectivity index (χ1n) is 10.3. The second-order valence-electron chi connectivity index (χ2n) is 7.49. The SMILES string of the molecule is COc1cccc(CNC(=O)c2cncc(-c3c[nH]c(=O)c4c3CCCC4)c2)c1OC. The van der Waals surface area contributed by atoms with Gasteiger partial charge in [-0.05, 0) is 43.4 Å². The van der Waals surface area contributed by atoms with Crippen LogP contribution >= 0.6 is 0 Å². The summed E-state index contributed by atoms with van der Waals surface area (Å²) in [5, 5.41) is 2.92. The highest BCUT2D eigenvalue weighted by molar-refractivity contribution is 5.95. The van der Waals surface area contributed by atoms with Gasteiger partial charge in [-0.15, -0.1) is 0 Å². The summed E-state index contributed by atoms with van der Waals surface area (Å²) in [4.78, 5) is 32.1. The summed E-state index contributed by atoms with van der Waals surface area (Å²) >= 11 is 0. The number of hydrogen-bond donors (Lipinski definition) is 2. The van der Waals surface area contributed by atoms with Crippen LogP contribution in [-0.4, -0.2) is 30.1 Å². The number of aromatic amines is 1. The lowest BCUT2D eigenvalue weighted by molar-refractivity contribution is 0.0950. The number of nitrogens with zero attached hydrogens (tertiary/aromatic N) is 1. The maximum atomic E-state index is 12.8. The quantitative estimate of drug-likeness (QED) is 0.640. The topological polar surface area (TPSA) is 93.3 Å². The van der Waals surface area contributed by atoms with Crippen LogP contribution in [-0.2, 0) is 19.4 Å². The van der Waals surface area contributed by atoms with E-state index < -0.39 is 0 Å². The number of hydrogen-bond acceptors (Lipinski definition) is 5. The van der Waals surface area contributed by atoms with E-state index in [0.717, 1.165) is 53.5 Å². The highest BCUT2D eigenvalue weighted by Gasteiger charge is 2.19. The Morgan fingerprint density at radius 1 is 1.13 bits per heavy atom. The van der Waals surface area contributed by atoms with E-state index in [1.165, 1.54) is 0 Å². The number of ether oxygens (including phenoxy) is 2. The molecule has 2 N–H and O–H groups in total. The van der Waals surface area contributed by atoms with Crippen molar-refractivity contribution in [3.63, 3.8) is 0 Å². The predicted octanol–water partition coefficient (Wildman–Crippen LogP) is 3.26. The van der Waals surface area contributed by atoms with Gasteiger partial charge in [0.1, 0.15) is 0 Å². The fraction of sp³-hybridized carbons (Fsp3) is 0.292. The highest BCUT2D eigenvalue weighted by atomic mass is 16.5. The molecule has 1 aromatic carbocycles. The third kappa shape index (κ3) is 4.17. The fourth-order valence-corrected chi connectivity index (χ4v) is 4.10. The van der Waals surface area contributed by atoms with Crippen LogP contribution in [0.15, 0.2) is 47.7 Å². The number of amides is 1. The molecule has 7 nitrogen and oxygen atoms in total. The minimum Gasteiger partial charge on any atom is -0.493 e. The number of rotatable bonds is 6. The van der Waals surface area contributed by atoms with Crippen molar-refractivity contribution >= 4 is 5.91 Å². The van der Waals surface area contributed by atoms with Gasteiger partial charge in [0.15, 0.2) is 11.5 Å². The Kier molecular flexibility index (Phi) is 6.02. The largest absolute Gasteiger partial charge is 0.493 e. The standard InChI is InChI=1S/C24H25N3O4/c1-30-21-9-5-6-15(22(21)31-2)13-26-23(28)17-10-16(11-25-12-17)20-14-27-24(29)19-8-4-3-7-18(19)20/h5-6,9-12,14H,3-4,7-8,13H2,1-2H3,(H,26,28)(H,27,29). The summed E-state index contributed by atoms with van der Waals surface area (Å²) in [6.45, 7) is 0.289. The Balaban J connectivity index is 1.57. The van der Waals surface area contributed by atoms with Crippen molar-refractivity contribution in [1.29, 1.82) is 0 Å². The third-order valence-electron chi connectivity index (χ3n) is 5.65. The predicted molar refractivity (Wildman–Crippen MR) is 118 cm³/mol. The molecule has 0 fully saturated rings. The Morgan fingerprint density at radius 3 is 2.71 bits per heavy atom. The van der Waals surface area contributed by atoms with Crippen LogP contribution < -0.4 is 20.3 Å². The molecule has 0 spiro atoms. The second kappa shape index (κ2) is 9.04. The number of methoxy groups -OCH3 is 2. The number of aromatic nitrogens is 2. The van der Waals surface area contributed by atoms with Gasteiger partial charge in [-0.1, -0.05) is 12.1 Å². The number of para-hydroxylation sites is 1. The van der Waals surface area contributed by atoms with Gasteiger partial charge in [0.2, 0.25) is 0 Å². The van der Waals surface area contributed by atoms with Gasteiger partial charge in [0.05, 0.1) is 19.8 Å². The van der Waals surface area contributed by atoms with Crippen LogP contribution in [0.1, 0.15) is 39.9 Å². The molecule has 0 unspecified atom stereocenters. The van der Waals surface area contributed by atoms with E-state index in [9.17, 15) is 9.59 Å². The number of H-pyrrole nitrogens is 1. The summed E-state index contributed by atoms with van der Waals surface area (Å²) in [6, 6.07) is 7.35. The van der Waals surface area contributed by atoms with Crippen molar-refractivity contribution in [2.75, 3.05) is 14.2 Å². The molecule has 2 aromatic heterocycles. The Bertz CT molecular complexity index is 1170. The highest BCUT2D eigenvalue weighted by Crippen LogP contribution is 2.31. The van der Waals surface area contributed by atoms with E-state index in [-0.39, 0.29) is 18.0 Å². The minimum absolute atomic E-state index is 0.0208. The zero-order valence-electron chi connectivity index (χ0n) is 17.7. The lowest BCUT2D eigenvalue weighted by atomic mass is 9.88. The lowest BCUT2D eigenvalue weighted by Crippen LogP contribution is -2.23. The number of benzene rings is 1. The zero-order chi connectivity index (χ0) is 21.8. The first-order chi connectivity index (χ1) is 15.1. The van der Waals surface area contributed by atoms with Gasteiger partial charge >= 0.3 is 0 Å². The van der Waals surface area contributed by atoms with E-state index in [1.54, 1.807) is 32.8 Å². The van der Waals surface area contributed by atoms with Gasteiger partial charge in [0.25, 0.3) is 11.5 Å². The van der Waals surface area contributed by atoms with Crippen molar-refractivity contribution in [2.24, 2.45) is 0 Å². The molecule has 1 aliphatic rings. The van der Waals surface area contributed by atoms with Crippen LogP contribution in [0, 0.1) is 0 Å². The van der Waals surface area contributed by atoms with Crippen LogP contribution in [0.4, 0.5) is 0 Å². The summed E-state index contributed by atoms with van der Waals surface area (Å²) in [7, 11) is 3.15. The molecule has 0 saturated carbocycles. The average molecular weight is 419 g/mol. The molecule has 2 heterocycles. The molecule has 4 rings (SSSR count). The summed E-state index contributed by atoms with van der Waals surface area (Å²) < 4.78 is 10.7. The van der Waals surface area contributed by atoms with Crippen molar-refractivity contribution < 1.29 is 14.3 Å². The molecule has 1 aliphatic carbocycles. The number of carbonyl (C=O) groups excluding carboxylic acids is 1. The fourth-order valence-electron chi connectivity index (χ4n) is 4.10. The smallest absolute Gasteiger partial charge is 0.253 e. The van der Waals surface area contributed by atoms with Crippen LogP contribution in [0.3, 0.4) is 0 Å². The van der Waals surface area contributed by atoms with Crippen molar-refractivity contribution in [2.45, 2.75) is 32.2 Å². The monoisotopic (exact) mass is 419 g/mol. The lowest BCUT2D eigenvalue weighted by Gasteiger charge is -2.18. The first kappa shape index (κ1) is 20.7. The first-order valence-corrected chi connectivity index (χ1v) is 10.3. The van der Waals surface area contributed by atoms with E-state index in [2.05, 4.69) is 15.3 Å². The van der Waals surface area contributed by atoms with E-state index in [0.29, 0.717) is 17.1 Å². The molecular formula is C24H25N3O4. The number of fused-ring (bicyclic) bond motifs is 1. The van der Waals surface area contributed by atoms with Gasteiger partial charge in [-0.3, -0.25) is 14.6 Å². The number of pyridine rings is 2. The minimum atomic E-state index is -0.238. The van der Waals surface area contributed by atoms with Crippen LogP contribution in [0.2, 0.25) is 0 Å². The summed E-state index contributed by atoms with van der Waals surface area (Å²) in [6.07, 6.45) is 8.72. The number of nitrogens with one attached hydrogen (secondary N) is 2. The van der Waals surface area contributed by atoms with Crippen molar-refractivity contribution in [3.8, 4) is 22.6 Å². The summed E-state index contributed by atoms with van der Waals surface area (Å²) in [5.41, 5.74) is 4.92. The molecule has 0 saturated heterocycles. The Morgan fingerprint density at radius 2 is 1.94 bits per heavy atom.